The van der Waals surface area contributed by atoms with Crippen LogP contribution in [0.1, 0.15) is 22.1 Å². The molecular formula is C9H13NS3. The quantitative estimate of drug-likeness (QED) is 0.775. The van der Waals surface area contributed by atoms with E-state index >= 15 is 0 Å². The van der Waals surface area contributed by atoms with Gasteiger partial charge in [0.15, 0.2) is 0 Å². The Balaban J connectivity index is 2.05. The Morgan fingerprint density at radius 2 is 2.46 bits per heavy atom. The van der Waals surface area contributed by atoms with Crippen molar-refractivity contribution in [1.29, 1.82) is 0 Å². The number of aryl methyl sites for hydroxylation is 1. The highest BCUT2D eigenvalue weighted by atomic mass is 32.2. The molecule has 1 saturated heterocycles. The van der Waals surface area contributed by atoms with Crippen LogP contribution in [0.3, 0.4) is 0 Å². The van der Waals surface area contributed by atoms with Gasteiger partial charge >= 0.3 is 0 Å². The molecular weight excluding hydrogens is 218 g/mol. The maximum absolute atomic E-state index is 4.50. The van der Waals surface area contributed by atoms with E-state index in [0.717, 1.165) is 6.42 Å². The van der Waals surface area contributed by atoms with Crippen molar-refractivity contribution in [3.8, 4) is 0 Å². The SMILES string of the molecule is CCc1cnc(C2CSCCS2)s1. The summed E-state index contributed by atoms with van der Waals surface area (Å²) < 4.78 is 0. The van der Waals surface area contributed by atoms with Crippen LogP contribution in [0.15, 0.2) is 6.20 Å². The average Bonchev–Trinajstić information content (AvgIpc) is 2.67. The van der Waals surface area contributed by atoms with Gasteiger partial charge in [-0.25, -0.2) is 4.98 Å². The van der Waals surface area contributed by atoms with Crippen LogP contribution in [0.5, 0.6) is 0 Å². The van der Waals surface area contributed by atoms with E-state index in [2.05, 4.69) is 35.4 Å². The molecule has 1 aliphatic heterocycles. The minimum Gasteiger partial charge on any atom is -0.248 e. The fraction of sp³-hybridized carbons (Fsp3) is 0.667. The smallest absolute Gasteiger partial charge is 0.107 e. The number of thiazole rings is 1. The molecule has 0 aliphatic carbocycles. The van der Waals surface area contributed by atoms with Crippen LogP contribution < -0.4 is 0 Å². The molecule has 0 bridgehead atoms. The summed E-state index contributed by atoms with van der Waals surface area (Å²) in [6.07, 6.45) is 3.17. The monoisotopic (exact) mass is 231 g/mol. The van der Waals surface area contributed by atoms with Crippen LogP contribution in [0.4, 0.5) is 0 Å². The molecule has 0 amide bonds. The van der Waals surface area contributed by atoms with Crippen molar-refractivity contribution < 1.29 is 0 Å². The zero-order valence-electron chi connectivity index (χ0n) is 7.66. The Hall–Kier alpha value is 0.330. The van der Waals surface area contributed by atoms with Gasteiger partial charge in [-0.05, 0) is 6.42 Å². The summed E-state index contributed by atoms with van der Waals surface area (Å²) in [6.45, 7) is 2.19. The molecule has 0 aromatic carbocycles. The third kappa shape index (κ3) is 2.42. The summed E-state index contributed by atoms with van der Waals surface area (Å²) in [5, 5.41) is 2.01. The second kappa shape index (κ2) is 4.71. The molecule has 1 aliphatic rings. The van der Waals surface area contributed by atoms with E-state index in [9.17, 15) is 0 Å². The molecule has 13 heavy (non-hydrogen) atoms. The summed E-state index contributed by atoms with van der Waals surface area (Å²) >= 11 is 6.02. The first kappa shape index (κ1) is 9.87. The number of aromatic nitrogens is 1. The van der Waals surface area contributed by atoms with Crippen molar-refractivity contribution in [2.75, 3.05) is 17.3 Å². The lowest BCUT2D eigenvalue weighted by Gasteiger charge is -2.18. The summed E-state index contributed by atoms with van der Waals surface area (Å²) in [6, 6.07) is 0. The first-order valence-corrected chi connectivity index (χ1v) is 7.56. The van der Waals surface area contributed by atoms with Crippen molar-refractivity contribution in [3.05, 3.63) is 16.1 Å². The van der Waals surface area contributed by atoms with Gasteiger partial charge in [0, 0.05) is 28.3 Å². The maximum Gasteiger partial charge on any atom is 0.107 e. The van der Waals surface area contributed by atoms with Crippen LogP contribution >= 0.6 is 34.9 Å². The van der Waals surface area contributed by atoms with E-state index in [4.69, 9.17) is 0 Å². The summed E-state index contributed by atoms with van der Waals surface area (Å²) in [4.78, 5) is 5.92. The van der Waals surface area contributed by atoms with Crippen LogP contribution in [-0.4, -0.2) is 22.2 Å². The Bertz CT molecular complexity index is 266. The molecule has 0 radical (unpaired) electrons. The Morgan fingerprint density at radius 3 is 3.08 bits per heavy atom. The number of nitrogens with zero attached hydrogens (tertiary/aromatic N) is 1. The zero-order valence-corrected chi connectivity index (χ0v) is 10.1. The second-order valence-electron chi connectivity index (χ2n) is 2.95. The van der Waals surface area contributed by atoms with E-state index in [1.165, 1.54) is 27.1 Å². The molecule has 1 unspecified atom stereocenters. The fourth-order valence-corrected chi connectivity index (χ4v) is 5.11. The zero-order chi connectivity index (χ0) is 9.10. The Morgan fingerprint density at radius 1 is 1.54 bits per heavy atom. The van der Waals surface area contributed by atoms with Gasteiger partial charge in [-0.2, -0.15) is 11.8 Å². The molecule has 1 atom stereocenters. The lowest BCUT2D eigenvalue weighted by Crippen LogP contribution is -2.05. The number of hydrogen-bond acceptors (Lipinski definition) is 4. The lowest BCUT2D eigenvalue weighted by molar-refractivity contribution is 1.06. The molecule has 0 N–H and O–H groups in total. The highest BCUT2D eigenvalue weighted by molar-refractivity contribution is 8.06. The van der Waals surface area contributed by atoms with Crippen LogP contribution in [0.2, 0.25) is 0 Å². The van der Waals surface area contributed by atoms with Gasteiger partial charge in [-0.1, -0.05) is 6.92 Å². The number of rotatable bonds is 2. The van der Waals surface area contributed by atoms with E-state index in [1.807, 2.05) is 17.5 Å². The minimum atomic E-state index is 0.670. The molecule has 4 heteroatoms. The predicted molar refractivity (Wildman–Crippen MR) is 64.0 cm³/mol. The standard InChI is InChI=1S/C9H13NS3/c1-2-7-5-10-9(13-7)8-6-11-3-4-12-8/h5,8H,2-4,6H2,1H3. The van der Waals surface area contributed by atoms with Gasteiger partial charge in [0.05, 0.1) is 5.25 Å². The summed E-state index contributed by atoms with van der Waals surface area (Å²) in [5.41, 5.74) is 0. The molecule has 0 spiro atoms. The largest absolute Gasteiger partial charge is 0.248 e. The first-order valence-electron chi connectivity index (χ1n) is 4.54. The summed E-state index contributed by atoms with van der Waals surface area (Å²) in [5.74, 6) is 3.85. The van der Waals surface area contributed by atoms with Crippen molar-refractivity contribution in [2.24, 2.45) is 0 Å². The van der Waals surface area contributed by atoms with Gasteiger partial charge in [0.1, 0.15) is 5.01 Å². The van der Waals surface area contributed by atoms with Crippen molar-refractivity contribution in [2.45, 2.75) is 18.6 Å². The third-order valence-corrected chi connectivity index (χ3v) is 6.18. The topological polar surface area (TPSA) is 12.9 Å². The lowest BCUT2D eigenvalue weighted by atomic mass is 10.4. The van der Waals surface area contributed by atoms with E-state index in [1.54, 1.807) is 0 Å². The summed E-state index contributed by atoms with van der Waals surface area (Å²) in [7, 11) is 0. The maximum atomic E-state index is 4.50. The highest BCUT2D eigenvalue weighted by Crippen LogP contribution is 2.38. The van der Waals surface area contributed by atoms with Gasteiger partial charge in [-0.15, -0.1) is 23.1 Å². The molecule has 1 aromatic heterocycles. The van der Waals surface area contributed by atoms with E-state index < -0.39 is 0 Å². The molecule has 72 valence electrons. The average molecular weight is 231 g/mol. The number of hydrogen-bond donors (Lipinski definition) is 0. The fourth-order valence-electron chi connectivity index (χ4n) is 1.27. The first-order chi connectivity index (χ1) is 6.40. The molecule has 1 nitrogen and oxygen atoms in total. The molecule has 1 aromatic rings. The normalized spacial score (nSPS) is 23.3. The number of thioether (sulfide) groups is 2. The van der Waals surface area contributed by atoms with Gasteiger partial charge in [-0.3, -0.25) is 0 Å². The van der Waals surface area contributed by atoms with Gasteiger partial charge < -0.3 is 0 Å². The van der Waals surface area contributed by atoms with E-state index in [-0.39, 0.29) is 0 Å². The van der Waals surface area contributed by atoms with Gasteiger partial charge in [0.2, 0.25) is 0 Å². The van der Waals surface area contributed by atoms with Crippen molar-refractivity contribution in [1.82, 2.24) is 4.98 Å². The van der Waals surface area contributed by atoms with Crippen molar-refractivity contribution in [3.63, 3.8) is 0 Å². The highest BCUT2D eigenvalue weighted by Gasteiger charge is 2.19. The third-order valence-electron chi connectivity index (χ3n) is 2.01. The molecule has 2 rings (SSSR count). The molecule has 0 saturated carbocycles. The van der Waals surface area contributed by atoms with Gasteiger partial charge in [0.25, 0.3) is 0 Å². The second-order valence-corrected chi connectivity index (χ2v) is 6.56. The van der Waals surface area contributed by atoms with Crippen LogP contribution in [-0.2, 0) is 6.42 Å². The Kier molecular flexibility index (Phi) is 3.58. The van der Waals surface area contributed by atoms with Crippen molar-refractivity contribution >= 4 is 34.9 Å². The predicted octanol–water partition coefficient (Wildman–Crippen LogP) is 3.23. The minimum absolute atomic E-state index is 0.670. The van der Waals surface area contributed by atoms with E-state index in [0.29, 0.717) is 5.25 Å². The van der Waals surface area contributed by atoms with Crippen LogP contribution in [0, 0.1) is 0 Å². The molecule has 1 fully saturated rings. The molecule has 2 heterocycles. The Labute approximate surface area is 91.7 Å². The van der Waals surface area contributed by atoms with Crippen LogP contribution in [0.25, 0.3) is 0 Å².